The van der Waals surface area contributed by atoms with Gasteiger partial charge in [-0.2, -0.15) is 0 Å². The van der Waals surface area contributed by atoms with Gasteiger partial charge in [0, 0.05) is 22.0 Å². The fourth-order valence-corrected chi connectivity index (χ4v) is 2.25. The van der Waals surface area contributed by atoms with Crippen molar-refractivity contribution >= 4 is 40.6 Å². The van der Waals surface area contributed by atoms with E-state index in [0.717, 1.165) is 0 Å². The van der Waals surface area contributed by atoms with Gasteiger partial charge in [-0.15, -0.1) is 0 Å². The molecule has 0 aromatic heterocycles. The summed E-state index contributed by atoms with van der Waals surface area (Å²) in [5, 5.41) is 1.53. The first-order valence-corrected chi connectivity index (χ1v) is 6.43. The van der Waals surface area contributed by atoms with Gasteiger partial charge in [0.1, 0.15) is 0 Å². The van der Waals surface area contributed by atoms with Gasteiger partial charge in [0.15, 0.2) is 5.78 Å². The van der Waals surface area contributed by atoms with E-state index in [1.165, 1.54) is 0 Å². The van der Waals surface area contributed by atoms with Gasteiger partial charge >= 0.3 is 0 Å². The van der Waals surface area contributed by atoms with Crippen LogP contribution < -0.4 is 0 Å². The van der Waals surface area contributed by atoms with Crippen LogP contribution in [-0.4, -0.2) is 5.78 Å². The van der Waals surface area contributed by atoms with Crippen molar-refractivity contribution in [2.45, 2.75) is 6.42 Å². The van der Waals surface area contributed by atoms with E-state index in [1.54, 1.807) is 42.5 Å². The van der Waals surface area contributed by atoms with Gasteiger partial charge in [-0.25, -0.2) is 0 Å². The molecule has 92 valence electrons. The molecule has 0 heterocycles. The summed E-state index contributed by atoms with van der Waals surface area (Å²) in [5.74, 6) is -0.0789. The van der Waals surface area contributed by atoms with Crippen LogP contribution in [0.5, 0.6) is 0 Å². The molecule has 0 amide bonds. The zero-order valence-electron chi connectivity index (χ0n) is 9.29. The fourth-order valence-electron chi connectivity index (χ4n) is 1.63. The normalized spacial score (nSPS) is 10.4. The molecule has 0 aliphatic heterocycles. The Morgan fingerprint density at radius 3 is 2.39 bits per heavy atom. The largest absolute Gasteiger partial charge is 0.294 e. The molecule has 2 aromatic rings. The molecule has 0 spiro atoms. The van der Waals surface area contributed by atoms with Crippen molar-refractivity contribution in [3.63, 3.8) is 0 Å². The van der Waals surface area contributed by atoms with Crippen LogP contribution in [0.4, 0.5) is 0 Å². The van der Waals surface area contributed by atoms with Gasteiger partial charge in [-0.3, -0.25) is 4.79 Å². The van der Waals surface area contributed by atoms with Gasteiger partial charge in [0.05, 0.1) is 5.02 Å². The van der Waals surface area contributed by atoms with Crippen molar-refractivity contribution in [1.29, 1.82) is 0 Å². The third-order valence-electron chi connectivity index (χ3n) is 2.53. The number of carbonyl (C=O) groups excluding carboxylic acids is 1. The lowest BCUT2D eigenvalue weighted by Crippen LogP contribution is -2.04. The smallest absolute Gasteiger partial charge is 0.168 e. The van der Waals surface area contributed by atoms with Crippen molar-refractivity contribution in [3.05, 3.63) is 68.7 Å². The van der Waals surface area contributed by atoms with Crippen LogP contribution in [0.2, 0.25) is 15.1 Å². The van der Waals surface area contributed by atoms with Crippen LogP contribution in [-0.2, 0) is 6.42 Å². The Morgan fingerprint density at radius 2 is 1.67 bits per heavy atom. The van der Waals surface area contributed by atoms with E-state index in [-0.39, 0.29) is 12.2 Å². The maximum Gasteiger partial charge on any atom is 0.168 e. The van der Waals surface area contributed by atoms with E-state index >= 15 is 0 Å². The van der Waals surface area contributed by atoms with E-state index in [4.69, 9.17) is 34.8 Å². The second kappa shape index (κ2) is 5.75. The van der Waals surface area contributed by atoms with Crippen LogP contribution in [0.25, 0.3) is 0 Å². The summed E-state index contributed by atoms with van der Waals surface area (Å²) in [4.78, 5) is 12.1. The highest BCUT2D eigenvalue weighted by Gasteiger charge is 2.12. The topological polar surface area (TPSA) is 17.1 Å². The lowest BCUT2D eigenvalue weighted by molar-refractivity contribution is 0.0993. The van der Waals surface area contributed by atoms with E-state index in [1.807, 2.05) is 0 Å². The predicted molar refractivity (Wildman–Crippen MR) is 75.9 cm³/mol. The second-order valence-electron chi connectivity index (χ2n) is 3.82. The maximum atomic E-state index is 12.1. The number of Topliss-reactive ketones (excluding diaryl/α,β-unsaturated/α-hetero) is 1. The van der Waals surface area contributed by atoms with Crippen LogP contribution in [0.3, 0.4) is 0 Å². The number of benzene rings is 2. The molecule has 0 unspecified atom stereocenters. The molecule has 0 fully saturated rings. The lowest BCUT2D eigenvalue weighted by atomic mass is 10.0. The molecular weight excluding hydrogens is 291 g/mol. The highest BCUT2D eigenvalue weighted by molar-refractivity contribution is 6.35. The first-order chi connectivity index (χ1) is 8.58. The van der Waals surface area contributed by atoms with Gasteiger partial charge in [-0.05, 0) is 35.9 Å². The van der Waals surface area contributed by atoms with E-state index in [9.17, 15) is 4.79 Å². The average Bonchev–Trinajstić information content (AvgIpc) is 2.34. The average molecular weight is 300 g/mol. The first-order valence-electron chi connectivity index (χ1n) is 5.29. The van der Waals surface area contributed by atoms with Crippen LogP contribution in [0.1, 0.15) is 15.9 Å². The summed E-state index contributed by atoms with van der Waals surface area (Å²) in [6, 6.07) is 12.0. The molecule has 18 heavy (non-hydrogen) atoms. The summed E-state index contributed by atoms with van der Waals surface area (Å²) in [6.45, 7) is 0. The summed E-state index contributed by atoms with van der Waals surface area (Å²) in [5.41, 5.74) is 1.20. The Bertz CT molecular complexity index is 593. The zero-order valence-corrected chi connectivity index (χ0v) is 11.6. The predicted octanol–water partition coefficient (Wildman–Crippen LogP) is 5.07. The Balaban J connectivity index is 2.27. The minimum absolute atomic E-state index is 0.0789. The van der Waals surface area contributed by atoms with E-state index < -0.39 is 0 Å². The third kappa shape index (κ3) is 3.05. The quantitative estimate of drug-likeness (QED) is 0.723. The molecule has 0 aliphatic carbocycles. The molecule has 4 heteroatoms. The maximum absolute atomic E-state index is 12.1. The Morgan fingerprint density at radius 1 is 0.944 bits per heavy atom. The number of hydrogen-bond acceptors (Lipinski definition) is 1. The monoisotopic (exact) mass is 298 g/mol. The number of halogens is 3. The minimum atomic E-state index is -0.0789. The zero-order chi connectivity index (χ0) is 13.1. The van der Waals surface area contributed by atoms with Crippen molar-refractivity contribution < 1.29 is 4.79 Å². The summed E-state index contributed by atoms with van der Waals surface area (Å²) in [7, 11) is 0. The summed E-state index contributed by atoms with van der Waals surface area (Å²) < 4.78 is 0. The highest BCUT2D eigenvalue weighted by atomic mass is 35.5. The number of rotatable bonds is 3. The van der Waals surface area contributed by atoms with Crippen molar-refractivity contribution in [3.8, 4) is 0 Å². The van der Waals surface area contributed by atoms with Crippen molar-refractivity contribution in [2.24, 2.45) is 0 Å². The SMILES string of the molecule is O=C(Cc1cc(Cl)ccc1Cl)c1ccccc1Cl. The Hall–Kier alpha value is -1.02. The van der Waals surface area contributed by atoms with Crippen molar-refractivity contribution in [1.82, 2.24) is 0 Å². The fraction of sp³-hybridized carbons (Fsp3) is 0.0714. The molecule has 2 rings (SSSR count). The Kier molecular flexibility index (Phi) is 4.28. The molecule has 0 saturated carbocycles. The third-order valence-corrected chi connectivity index (χ3v) is 3.47. The molecule has 0 atom stereocenters. The molecule has 0 bridgehead atoms. The number of carbonyl (C=O) groups is 1. The molecule has 2 aromatic carbocycles. The minimum Gasteiger partial charge on any atom is -0.294 e. The first kappa shape index (κ1) is 13.4. The van der Waals surface area contributed by atoms with Crippen molar-refractivity contribution in [2.75, 3.05) is 0 Å². The van der Waals surface area contributed by atoms with Crippen LogP contribution >= 0.6 is 34.8 Å². The van der Waals surface area contributed by atoms with Gasteiger partial charge in [0.2, 0.25) is 0 Å². The summed E-state index contributed by atoms with van der Waals surface area (Å²) in [6.07, 6.45) is 0.184. The van der Waals surface area contributed by atoms with Crippen LogP contribution in [0.15, 0.2) is 42.5 Å². The van der Waals surface area contributed by atoms with Gasteiger partial charge < -0.3 is 0 Å². The lowest BCUT2D eigenvalue weighted by Gasteiger charge is -2.06. The molecular formula is C14H9Cl3O. The molecule has 0 N–H and O–H groups in total. The number of ketones is 1. The molecule has 0 saturated heterocycles. The van der Waals surface area contributed by atoms with E-state index in [0.29, 0.717) is 26.2 Å². The molecule has 0 radical (unpaired) electrons. The van der Waals surface area contributed by atoms with Crippen LogP contribution in [0, 0.1) is 0 Å². The van der Waals surface area contributed by atoms with Gasteiger partial charge in [0.25, 0.3) is 0 Å². The van der Waals surface area contributed by atoms with Gasteiger partial charge in [-0.1, -0.05) is 46.9 Å². The Labute approximate surface area is 120 Å². The van der Waals surface area contributed by atoms with E-state index in [2.05, 4.69) is 0 Å². The summed E-state index contributed by atoms with van der Waals surface area (Å²) >= 11 is 17.9. The standard InChI is InChI=1S/C14H9Cl3O/c15-10-5-6-12(16)9(7-10)8-14(18)11-3-1-2-4-13(11)17/h1-7H,8H2. The highest BCUT2D eigenvalue weighted by Crippen LogP contribution is 2.23. The number of hydrogen-bond donors (Lipinski definition) is 0. The second-order valence-corrected chi connectivity index (χ2v) is 5.07. The molecule has 1 nitrogen and oxygen atoms in total. The molecule has 0 aliphatic rings.